The molecule has 0 heterocycles. The lowest BCUT2D eigenvalue weighted by Gasteiger charge is -2.15. The van der Waals surface area contributed by atoms with E-state index in [1.54, 1.807) is 6.07 Å². The van der Waals surface area contributed by atoms with Gasteiger partial charge in [-0.25, -0.2) is 0 Å². The number of benzene rings is 1. The third-order valence-electron chi connectivity index (χ3n) is 2.39. The molecule has 0 spiro atoms. The van der Waals surface area contributed by atoms with Crippen LogP contribution in [0.5, 0.6) is 0 Å². The van der Waals surface area contributed by atoms with E-state index in [4.69, 9.17) is 16.4 Å². The molecule has 94 valence electrons. The summed E-state index contributed by atoms with van der Waals surface area (Å²) in [6, 6.07) is 7.60. The summed E-state index contributed by atoms with van der Waals surface area (Å²) in [5.41, 5.74) is 10.6. The maximum Gasteiger partial charge on any atom is 0.201 e. The first-order valence-electron chi connectivity index (χ1n) is 5.32. The molecule has 0 saturated carbocycles. The van der Waals surface area contributed by atoms with E-state index in [0.29, 0.717) is 0 Å². The molecule has 0 unspecified atom stereocenters. The van der Waals surface area contributed by atoms with Crippen molar-refractivity contribution in [3.8, 4) is 6.07 Å². The van der Waals surface area contributed by atoms with Crippen LogP contribution in [0.25, 0.3) is 0 Å². The van der Waals surface area contributed by atoms with Crippen molar-refractivity contribution in [2.75, 3.05) is 24.4 Å². The lowest BCUT2D eigenvalue weighted by atomic mass is 10.2. The van der Waals surface area contributed by atoms with Crippen LogP contribution in [0.4, 0.5) is 11.4 Å². The standard InChI is InChI=1S/C12H16N6/c1-8-4-5-9(18(2)3)6-10(8)16-17-11(7-13)12(14)15/h4-6,16H,1-3H3,(H3,14,15)/b17-11+. The molecule has 0 bridgehead atoms. The largest absolute Gasteiger partial charge is 0.382 e. The van der Waals surface area contributed by atoms with Gasteiger partial charge in [0.25, 0.3) is 0 Å². The second-order valence-electron chi connectivity index (χ2n) is 3.99. The smallest absolute Gasteiger partial charge is 0.201 e. The van der Waals surface area contributed by atoms with E-state index in [2.05, 4.69) is 10.5 Å². The average molecular weight is 244 g/mol. The molecule has 0 aromatic heterocycles. The second kappa shape index (κ2) is 5.68. The highest BCUT2D eigenvalue weighted by Gasteiger charge is 2.04. The van der Waals surface area contributed by atoms with Crippen molar-refractivity contribution in [2.24, 2.45) is 10.8 Å². The van der Waals surface area contributed by atoms with Gasteiger partial charge in [0.15, 0.2) is 5.84 Å². The highest BCUT2D eigenvalue weighted by Crippen LogP contribution is 2.21. The van der Waals surface area contributed by atoms with Crippen LogP contribution in [0.2, 0.25) is 0 Å². The summed E-state index contributed by atoms with van der Waals surface area (Å²) in [5.74, 6) is -0.355. The molecule has 0 saturated heterocycles. The fourth-order valence-corrected chi connectivity index (χ4v) is 1.27. The van der Waals surface area contributed by atoms with Crippen molar-refractivity contribution in [2.45, 2.75) is 6.92 Å². The third-order valence-corrected chi connectivity index (χ3v) is 2.39. The Kier molecular flexibility index (Phi) is 4.27. The summed E-state index contributed by atoms with van der Waals surface area (Å²) in [5, 5.41) is 19.7. The minimum absolute atomic E-state index is 0.135. The normalized spacial score (nSPS) is 10.7. The molecule has 4 N–H and O–H groups in total. The predicted molar refractivity (Wildman–Crippen MR) is 74.1 cm³/mol. The summed E-state index contributed by atoms with van der Waals surface area (Å²) in [6.07, 6.45) is 0. The van der Waals surface area contributed by atoms with E-state index in [0.717, 1.165) is 16.9 Å². The predicted octanol–water partition coefficient (Wildman–Crippen LogP) is 1.29. The van der Waals surface area contributed by atoms with Gasteiger partial charge >= 0.3 is 0 Å². The van der Waals surface area contributed by atoms with Gasteiger partial charge in [-0.2, -0.15) is 10.4 Å². The molecule has 0 radical (unpaired) electrons. The van der Waals surface area contributed by atoms with Crippen LogP contribution in [0.3, 0.4) is 0 Å². The number of nitriles is 1. The Bertz CT molecular complexity index is 524. The zero-order valence-corrected chi connectivity index (χ0v) is 10.7. The molecular formula is C12H16N6. The molecule has 0 atom stereocenters. The fraction of sp³-hybridized carbons (Fsp3) is 0.250. The summed E-state index contributed by atoms with van der Waals surface area (Å²) >= 11 is 0. The quantitative estimate of drug-likeness (QED) is 0.422. The van der Waals surface area contributed by atoms with E-state index in [-0.39, 0.29) is 11.5 Å². The Hall–Kier alpha value is -2.55. The summed E-state index contributed by atoms with van der Waals surface area (Å²) < 4.78 is 0. The zero-order chi connectivity index (χ0) is 13.7. The summed E-state index contributed by atoms with van der Waals surface area (Å²) in [6.45, 7) is 1.93. The Balaban J connectivity index is 3.01. The van der Waals surface area contributed by atoms with Crippen molar-refractivity contribution in [1.82, 2.24) is 0 Å². The highest BCUT2D eigenvalue weighted by atomic mass is 15.3. The van der Waals surface area contributed by atoms with Gasteiger partial charge in [0.05, 0.1) is 5.69 Å². The lowest BCUT2D eigenvalue weighted by molar-refractivity contribution is 1.13. The monoisotopic (exact) mass is 244 g/mol. The van der Waals surface area contributed by atoms with Gasteiger partial charge in [0.2, 0.25) is 5.71 Å². The molecular weight excluding hydrogens is 228 g/mol. The zero-order valence-electron chi connectivity index (χ0n) is 10.7. The molecule has 0 amide bonds. The molecule has 18 heavy (non-hydrogen) atoms. The van der Waals surface area contributed by atoms with E-state index in [1.165, 1.54) is 0 Å². The van der Waals surface area contributed by atoms with Gasteiger partial charge in [0, 0.05) is 19.8 Å². The van der Waals surface area contributed by atoms with Gasteiger partial charge in [-0.05, 0) is 24.6 Å². The third kappa shape index (κ3) is 3.22. The number of aryl methyl sites for hydroxylation is 1. The number of nitrogens with zero attached hydrogens (tertiary/aromatic N) is 3. The van der Waals surface area contributed by atoms with Crippen LogP contribution < -0.4 is 16.1 Å². The van der Waals surface area contributed by atoms with Gasteiger partial charge in [-0.1, -0.05) is 6.07 Å². The van der Waals surface area contributed by atoms with Crippen molar-refractivity contribution in [1.29, 1.82) is 10.7 Å². The molecule has 1 aromatic rings. The van der Waals surface area contributed by atoms with Crippen molar-refractivity contribution in [3.05, 3.63) is 23.8 Å². The fourth-order valence-electron chi connectivity index (χ4n) is 1.27. The van der Waals surface area contributed by atoms with Gasteiger partial charge in [-0.15, -0.1) is 0 Å². The van der Waals surface area contributed by atoms with Crippen LogP contribution in [0.1, 0.15) is 5.56 Å². The molecule has 1 rings (SSSR count). The number of nitrogens with two attached hydrogens (primary N) is 1. The number of anilines is 2. The second-order valence-corrected chi connectivity index (χ2v) is 3.99. The minimum atomic E-state index is -0.355. The minimum Gasteiger partial charge on any atom is -0.382 e. The Labute approximate surface area is 106 Å². The number of rotatable bonds is 4. The average Bonchev–Trinajstić information content (AvgIpc) is 2.31. The molecule has 0 fully saturated rings. The number of hydrogen-bond donors (Lipinski definition) is 3. The molecule has 1 aromatic carbocycles. The van der Waals surface area contributed by atoms with E-state index >= 15 is 0 Å². The summed E-state index contributed by atoms with van der Waals surface area (Å²) in [4.78, 5) is 1.96. The molecule has 6 nitrogen and oxygen atoms in total. The van der Waals surface area contributed by atoms with E-state index in [9.17, 15) is 0 Å². The Morgan fingerprint density at radius 1 is 1.50 bits per heavy atom. The number of nitrogens with one attached hydrogen (secondary N) is 2. The number of hydrazone groups is 1. The molecule has 0 aliphatic heterocycles. The first kappa shape index (κ1) is 13.5. The molecule has 6 heteroatoms. The van der Waals surface area contributed by atoms with Gasteiger partial charge in [-0.3, -0.25) is 10.8 Å². The number of hydrogen-bond acceptors (Lipinski definition) is 5. The van der Waals surface area contributed by atoms with Crippen LogP contribution in [0, 0.1) is 23.7 Å². The van der Waals surface area contributed by atoms with Crippen molar-refractivity contribution in [3.63, 3.8) is 0 Å². The Morgan fingerprint density at radius 2 is 2.17 bits per heavy atom. The Morgan fingerprint density at radius 3 is 2.67 bits per heavy atom. The maximum absolute atomic E-state index is 8.74. The van der Waals surface area contributed by atoms with Gasteiger partial charge in [0.1, 0.15) is 6.07 Å². The van der Waals surface area contributed by atoms with Crippen LogP contribution in [0.15, 0.2) is 23.3 Å². The van der Waals surface area contributed by atoms with Crippen LogP contribution >= 0.6 is 0 Å². The van der Waals surface area contributed by atoms with E-state index in [1.807, 2.05) is 44.1 Å². The van der Waals surface area contributed by atoms with Crippen molar-refractivity contribution >= 4 is 22.9 Å². The maximum atomic E-state index is 8.74. The summed E-state index contributed by atoms with van der Waals surface area (Å²) in [7, 11) is 3.88. The van der Waals surface area contributed by atoms with Crippen LogP contribution in [-0.2, 0) is 0 Å². The molecule has 0 aliphatic rings. The van der Waals surface area contributed by atoms with Gasteiger partial charge < -0.3 is 10.6 Å². The highest BCUT2D eigenvalue weighted by molar-refractivity contribution is 6.45. The SMILES string of the molecule is Cc1ccc(N(C)C)cc1N/N=C(\C#N)C(=N)N. The topological polar surface area (TPSA) is 101 Å². The lowest BCUT2D eigenvalue weighted by Crippen LogP contribution is -2.22. The van der Waals surface area contributed by atoms with Crippen molar-refractivity contribution < 1.29 is 0 Å². The number of amidine groups is 1. The molecule has 0 aliphatic carbocycles. The van der Waals surface area contributed by atoms with E-state index < -0.39 is 0 Å². The first-order chi connectivity index (χ1) is 8.45. The first-order valence-corrected chi connectivity index (χ1v) is 5.32. The van der Waals surface area contributed by atoms with Crippen LogP contribution in [-0.4, -0.2) is 25.6 Å².